The van der Waals surface area contributed by atoms with Crippen LogP contribution in [-0.2, 0) is 9.53 Å². The Balaban J connectivity index is 1.70. The van der Waals surface area contributed by atoms with E-state index in [1.54, 1.807) is 0 Å². The summed E-state index contributed by atoms with van der Waals surface area (Å²) in [5.74, 6) is 1.27. The molecule has 3 unspecified atom stereocenters. The van der Waals surface area contributed by atoms with E-state index in [2.05, 4.69) is 20.8 Å². The molecule has 3 aliphatic rings. The van der Waals surface area contributed by atoms with E-state index in [1.807, 2.05) is 0 Å². The van der Waals surface area contributed by atoms with Crippen molar-refractivity contribution in [3.63, 3.8) is 0 Å². The van der Waals surface area contributed by atoms with Gasteiger partial charge in [-0.15, -0.1) is 0 Å². The summed E-state index contributed by atoms with van der Waals surface area (Å²) in [4.78, 5) is 12.9. The highest BCUT2D eigenvalue weighted by atomic mass is 16.5. The van der Waals surface area contributed by atoms with Crippen molar-refractivity contribution < 1.29 is 14.6 Å². The normalized spacial score (nSPS) is 40.8. The maximum Gasteiger partial charge on any atom is 0.142 e. The van der Waals surface area contributed by atoms with Crippen molar-refractivity contribution in [1.29, 1.82) is 0 Å². The third kappa shape index (κ3) is 3.37. The molecule has 0 amide bonds. The lowest BCUT2D eigenvalue weighted by Crippen LogP contribution is -2.61. The molecule has 2 bridgehead atoms. The van der Waals surface area contributed by atoms with E-state index in [9.17, 15) is 9.90 Å². The van der Waals surface area contributed by atoms with Crippen molar-refractivity contribution in [2.45, 2.75) is 89.8 Å². The molecule has 0 heterocycles. The van der Waals surface area contributed by atoms with E-state index in [4.69, 9.17) is 4.74 Å². The summed E-state index contributed by atoms with van der Waals surface area (Å²) in [5.41, 5.74) is -0.786. The predicted octanol–water partition coefficient (Wildman–Crippen LogP) is 4.12. The molecule has 0 spiro atoms. The van der Waals surface area contributed by atoms with E-state index in [0.717, 1.165) is 58.0 Å². The Hall–Kier alpha value is -0.410. The van der Waals surface area contributed by atoms with Crippen LogP contribution in [0.5, 0.6) is 0 Å². The number of carbonyl (C=O) groups excluding carboxylic acids is 1. The first-order valence-electron chi connectivity index (χ1n) is 9.73. The summed E-state index contributed by atoms with van der Waals surface area (Å²) in [7, 11) is 0. The molecule has 132 valence electrons. The van der Waals surface area contributed by atoms with Crippen LogP contribution in [0.4, 0.5) is 0 Å². The average Bonchev–Trinajstić information content (AvgIpc) is 2.46. The average molecular weight is 322 g/mol. The largest absolute Gasteiger partial charge is 0.389 e. The number of hydrogen-bond acceptors (Lipinski definition) is 3. The molecule has 23 heavy (non-hydrogen) atoms. The first kappa shape index (κ1) is 17.4. The van der Waals surface area contributed by atoms with Gasteiger partial charge in [-0.05, 0) is 71.1 Å². The first-order valence-corrected chi connectivity index (χ1v) is 9.73. The van der Waals surface area contributed by atoms with Gasteiger partial charge in [-0.25, -0.2) is 0 Å². The molecule has 3 rings (SSSR count). The van der Waals surface area contributed by atoms with Crippen LogP contribution < -0.4 is 0 Å². The van der Waals surface area contributed by atoms with Crippen molar-refractivity contribution >= 4 is 5.78 Å². The molecule has 0 aromatic rings. The number of ether oxygens (including phenoxy) is 1. The topological polar surface area (TPSA) is 46.5 Å². The van der Waals surface area contributed by atoms with E-state index in [0.29, 0.717) is 17.6 Å². The molecule has 3 nitrogen and oxygen atoms in total. The number of rotatable bonds is 4. The summed E-state index contributed by atoms with van der Waals surface area (Å²) in [6.07, 6.45) is 9.38. The molecule has 0 aromatic carbocycles. The lowest BCUT2D eigenvalue weighted by Gasteiger charge is -2.56. The minimum Gasteiger partial charge on any atom is -0.389 e. The highest BCUT2D eigenvalue weighted by molar-refractivity contribution is 5.86. The standard InChI is InChI=1S/C20H34O3/c1-19(2,3)23-13-7-9-14-15-8-6-11-17(18(15)21)20(22)12-5-4-10-16(14)20/h14-17,22H,4-13H2,1-3H3/t14?,15-,16?,17-,20?/m0/s1. The molecule has 5 atom stereocenters. The number of ketones is 1. The minimum atomic E-state index is -0.693. The summed E-state index contributed by atoms with van der Waals surface area (Å²) in [6, 6.07) is 0. The lowest BCUT2D eigenvalue weighted by molar-refractivity contribution is -0.182. The third-order valence-corrected chi connectivity index (χ3v) is 6.56. The zero-order chi connectivity index (χ0) is 16.7. The second-order valence-electron chi connectivity index (χ2n) is 9.10. The van der Waals surface area contributed by atoms with E-state index in [-0.39, 0.29) is 17.4 Å². The van der Waals surface area contributed by atoms with Crippen LogP contribution in [0, 0.1) is 23.7 Å². The number of aliphatic hydroxyl groups is 1. The zero-order valence-corrected chi connectivity index (χ0v) is 15.1. The van der Waals surface area contributed by atoms with Crippen LogP contribution in [-0.4, -0.2) is 28.7 Å². The maximum atomic E-state index is 12.9. The van der Waals surface area contributed by atoms with Crippen LogP contribution in [0.15, 0.2) is 0 Å². The molecule has 3 saturated carbocycles. The van der Waals surface area contributed by atoms with Gasteiger partial charge in [0.1, 0.15) is 5.78 Å². The summed E-state index contributed by atoms with van der Waals surface area (Å²) >= 11 is 0. The van der Waals surface area contributed by atoms with Gasteiger partial charge in [-0.2, -0.15) is 0 Å². The SMILES string of the molecule is CC(C)(C)OCCCC1C2CCCCC2(O)[C@H]2CCC[C@@H]1C2=O. The third-order valence-electron chi connectivity index (χ3n) is 6.56. The second-order valence-corrected chi connectivity index (χ2v) is 9.10. The Morgan fingerprint density at radius 1 is 1.17 bits per heavy atom. The maximum absolute atomic E-state index is 12.9. The van der Waals surface area contributed by atoms with E-state index >= 15 is 0 Å². The fourth-order valence-corrected chi connectivity index (χ4v) is 5.61. The smallest absolute Gasteiger partial charge is 0.142 e. The molecular formula is C20H34O3. The molecular weight excluding hydrogens is 288 g/mol. The minimum absolute atomic E-state index is 0.0615. The summed E-state index contributed by atoms with van der Waals surface area (Å²) in [6.45, 7) is 7.02. The Morgan fingerprint density at radius 2 is 1.96 bits per heavy atom. The Labute approximate surface area is 141 Å². The molecule has 3 fully saturated rings. The summed E-state index contributed by atoms with van der Waals surface area (Å²) in [5, 5.41) is 11.4. The van der Waals surface area contributed by atoms with Crippen LogP contribution in [0.2, 0.25) is 0 Å². The van der Waals surface area contributed by atoms with Gasteiger partial charge >= 0.3 is 0 Å². The van der Waals surface area contributed by atoms with Crippen molar-refractivity contribution in [3.8, 4) is 0 Å². The van der Waals surface area contributed by atoms with Crippen molar-refractivity contribution in [2.24, 2.45) is 23.7 Å². The highest BCUT2D eigenvalue weighted by Gasteiger charge is 2.59. The Kier molecular flexibility index (Phi) is 4.90. The highest BCUT2D eigenvalue weighted by Crippen LogP contribution is 2.55. The van der Waals surface area contributed by atoms with Crippen molar-refractivity contribution in [3.05, 3.63) is 0 Å². The quantitative estimate of drug-likeness (QED) is 0.792. The molecule has 0 aromatic heterocycles. The van der Waals surface area contributed by atoms with Crippen molar-refractivity contribution in [1.82, 2.24) is 0 Å². The van der Waals surface area contributed by atoms with Crippen LogP contribution in [0.1, 0.15) is 78.6 Å². The fourth-order valence-electron chi connectivity index (χ4n) is 5.61. The van der Waals surface area contributed by atoms with Gasteiger partial charge in [-0.1, -0.05) is 19.3 Å². The second kappa shape index (κ2) is 6.48. The lowest BCUT2D eigenvalue weighted by atomic mass is 9.50. The van der Waals surface area contributed by atoms with E-state index < -0.39 is 5.60 Å². The van der Waals surface area contributed by atoms with Gasteiger partial charge in [0, 0.05) is 18.4 Å². The summed E-state index contributed by atoms with van der Waals surface area (Å²) < 4.78 is 5.86. The van der Waals surface area contributed by atoms with Gasteiger partial charge in [-0.3, -0.25) is 4.79 Å². The van der Waals surface area contributed by atoms with Gasteiger partial charge in [0.05, 0.1) is 11.2 Å². The van der Waals surface area contributed by atoms with Gasteiger partial charge in [0.25, 0.3) is 0 Å². The van der Waals surface area contributed by atoms with Gasteiger partial charge in [0.2, 0.25) is 0 Å². The molecule has 0 radical (unpaired) electrons. The zero-order valence-electron chi connectivity index (χ0n) is 15.1. The van der Waals surface area contributed by atoms with Crippen LogP contribution in [0.3, 0.4) is 0 Å². The van der Waals surface area contributed by atoms with Gasteiger partial charge < -0.3 is 9.84 Å². The molecule has 0 saturated heterocycles. The predicted molar refractivity (Wildman–Crippen MR) is 91.2 cm³/mol. The Morgan fingerprint density at radius 3 is 2.70 bits per heavy atom. The molecule has 3 aliphatic carbocycles. The molecule has 0 aliphatic heterocycles. The number of carbonyl (C=O) groups is 1. The first-order chi connectivity index (χ1) is 10.8. The fraction of sp³-hybridized carbons (Fsp3) is 0.950. The molecule has 3 heteroatoms. The van der Waals surface area contributed by atoms with E-state index in [1.165, 1.54) is 6.42 Å². The van der Waals surface area contributed by atoms with Crippen LogP contribution in [0.25, 0.3) is 0 Å². The number of hydrogen-bond donors (Lipinski definition) is 1. The number of Topliss-reactive ketones (excluding diaryl/α,β-unsaturated/α-hetero) is 1. The number of fused-ring (bicyclic) bond motifs is 4. The van der Waals surface area contributed by atoms with Gasteiger partial charge in [0.15, 0.2) is 0 Å². The molecule has 1 N–H and O–H groups in total. The van der Waals surface area contributed by atoms with Crippen molar-refractivity contribution in [2.75, 3.05) is 6.61 Å². The van der Waals surface area contributed by atoms with Crippen LogP contribution >= 0.6 is 0 Å². The monoisotopic (exact) mass is 322 g/mol. The Bertz CT molecular complexity index is 439.